The summed E-state index contributed by atoms with van der Waals surface area (Å²) in [5.41, 5.74) is 2.90. The van der Waals surface area contributed by atoms with Crippen LogP contribution in [0.15, 0.2) is 60.0 Å². The van der Waals surface area contributed by atoms with Crippen LogP contribution in [0.4, 0.5) is 17.3 Å². The van der Waals surface area contributed by atoms with E-state index >= 15 is 0 Å². The number of hydrogen-bond donors (Lipinski definition) is 2. The minimum atomic E-state index is -1.01. The first-order chi connectivity index (χ1) is 18.7. The lowest BCUT2D eigenvalue weighted by atomic mass is 10.0. The highest BCUT2D eigenvalue weighted by Gasteiger charge is 2.34. The number of likely N-dealkylation sites (N-methyl/N-ethyl adjacent to an activating group) is 1. The Hall–Kier alpha value is -4.02. The van der Waals surface area contributed by atoms with Crippen LogP contribution in [0.2, 0.25) is 0 Å². The summed E-state index contributed by atoms with van der Waals surface area (Å²) in [6.45, 7) is 11.2. The standard InChI is InChI=1S/C29H34N8O2/c1-5-14-36-27(38)23-17-30-28(31-21-7-9-22(10-8-21)35-16-15-34(4)19(2)18-35)33-26(23)37(36)24-11-6-20-12-13-29(3,39)25(20)32-24/h5-11,17,19,39H,1,12-16,18H2,2-4H3,(H,30,31,33)/t19-,29-/m0/s1. The Morgan fingerprint density at radius 2 is 1.97 bits per heavy atom. The van der Waals surface area contributed by atoms with Crippen molar-refractivity contribution < 1.29 is 5.11 Å². The highest BCUT2D eigenvalue weighted by molar-refractivity contribution is 5.77. The van der Waals surface area contributed by atoms with E-state index in [1.54, 1.807) is 28.6 Å². The summed E-state index contributed by atoms with van der Waals surface area (Å²) in [4.78, 5) is 32.0. The van der Waals surface area contributed by atoms with Gasteiger partial charge in [0.1, 0.15) is 11.0 Å². The summed E-state index contributed by atoms with van der Waals surface area (Å²) >= 11 is 0. The van der Waals surface area contributed by atoms with Gasteiger partial charge in [0.15, 0.2) is 11.5 Å². The van der Waals surface area contributed by atoms with Crippen molar-refractivity contribution in [3.05, 3.63) is 76.9 Å². The van der Waals surface area contributed by atoms with Gasteiger partial charge in [-0.15, -0.1) is 6.58 Å². The quantitative estimate of drug-likeness (QED) is 0.369. The minimum Gasteiger partial charge on any atom is -0.384 e. The van der Waals surface area contributed by atoms with Gasteiger partial charge in [0.25, 0.3) is 5.56 Å². The first-order valence-electron chi connectivity index (χ1n) is 13.4. The molecule has 3 aromatic heterocycles. The van der Waals surface area contributed by atoms with E-state index in [0.717, 1.165) is 37.3 Å². The van der Waals surface area contributed by atoms with Crippen molar-refractivity contribution in [3.63, 3.8) is 0 Å². The Labute approximate surface area is 227 Å². The zero-order valence-electron chi connectivity index (χ0n) is 22.6. The molecular formula is C29H34N8O2. The molecule has 0 radical (unpaired) electrons. The molecule has 6 rings (SSSR count). The van der Waals surface area contributed by atoms with Gasteiger partial charge in [-0.2, -0.15) is 4.98 Å². The molecule has 0 unspecified atom stereocenters. The minimum absolute atomic E-state index is 0.226. The number of hydrogen-bond acceptors (Lipinski definition) is 8. The number of aliphatic hydroxyl groups is 1. The van der Waals surface area contributed by atoms with Crippen LogP contribution in [-0.2, 0) is 18.6 Å². The van der Waals surface area contributed by atoms with Gasteiger partial charge in [0, 0.05) is 43.2 Å². The molecule has 10 nitrogen and oxygen atoms in total. The maximum atomic E-state index is 13.3. The number of nitrogens with zero attached hydrogens (tertiary/aromatic N) is 7. The van der Waals surface area contributed by atoms with Crippen LogP contribution < -0.4 is 15.8 Å². The number of benzene rings is 1. The van der Waals surface area contributed by atoms with Gasteiger partial charge in [0.05, 0.1) is 12.2 Å². The SMILES string of the molecule is C=CCn1c(=O)c2cnc(Nc3ccc(N4CCN(C)[C@@H](C)C4)cc3)nc2n1-c1ccc2c(n1)[C@@](C)(O)CC2. The molecule has 0 bridgehead atoms. The van der Waals surface area contributed by atoms with Crippen molar-refractivity contribution in [2.45, 2.75) is 44.9 Å². The third-order valence-corrected chi connectivity index (χ3v) is 8.00. The Kier molecular flexibility index (Phi) is 6.23. The number of rotatable bonds is 6. The van der Waals surface area contributed by atoms with Crippen LogP contribution in [0.5, 0.6) is 0 Å². The molecule has 1 aliphatic heterocycles. The maximum absolute atomic E-state index is 13.3. The zero-order valence-corrected chi connectivity index (χ0v) is 22.6. The molecule has 2 aliphatic rings. The van der Waals surface area contributed by atoms with Gasteiger partial charge in [-0.25, -0.2) is 19.3 Å². The second-order valence-corrected chi connectivity index (χ2v) is 10.8. The number of aryl methyl sites for hydroxylation is 1. The van der Waals surface area contributed by atoms with Crippen molar-refractivity contribution in [2.24, 2.45) is 0 Å². The number of aromatic nitrogens is 5. The molecule has 0 saturated carbocycles. The monoisotopic (exact) mass is 526 g/mol. The summed E-state index contributed by atoms with van der Waals surface area (Å²) in [5, 5.41) is 14.5. The van der Waals surface area contributed by atoms with Crippen molar-refractivity contribution >= 4 is 28.4 Å². The lowest BCUT2D eigenvalue weighted by Crippen LogP contribution is -2.50. The topological polar surface area (TPSA) is 104 Å². The van der Waals surface area contributed by atoms with Crippen LogP contribution in [0.3, 0.4) is 0 Å². The number of nitrogens with one attached hydrogen (secondary N) is 1. The van der Waals surface area contributed by atoms with Gasteiger partial charge in [-0.05, 0) is 69.6 Å². The van der Waals surface area contributed by atoms with Crippen molar-refractivity contribution in [2.75, 3.05) is 36.9 Å². The van der Waals surface area contributed by atoms with E-state index in [1.165, 1.54) is 5.69 Å². The zero-order chi connectivity index (χ0) is 27.3. The molecule has 39 heavy (non-hydrogen) atoms. The van der Waals surface area contributed by atoms with Gasteiger partial charge in [-0.3, -0.25) is 4.79 Å². The molecule has 1 aliphatic carbocycles. The molecule has 1 aromatic carbocycles. The fourth-order valence-electron chi connectivity index (χ4n) is 5.54. The molecule has 1 fully saturated rings. The molecule has 0 spiro atoms. The van der Waals surface area contributed by atoms with E-state index in [2.05, 4.69) is 52.8 Å². The molecule has 2 N–H and O–H groups in total. The molecule has 2 atom stereocenters. The molecular weight excluding hydrogens is 492 g/mol. The van der Waals surface area contributed by atoms with Crippen molar-refractivity contribution in [1.29, 1.82) is 0 Å². The predicted octanol–water partition coefficient (Wildman–Crippen LogP) is 3.20. The van der Waals surface area contributed by atoms with Crippen molar-refractivity contribution in [1.82, 2.24) is 29.2 Å². The van der Waals surface area contributed by atoms with E-state index in [0.29, 0.717) is 41.0 Å². The van der Waals surface area contributed by atoms with E-state index in [9.17, 15) is 9.90 Å². The van der Waals surface area contributed by atoms with Gasteiger partial charge in [-0.1, -0.05) is 12.1 Å². The van der Waals surface area contributed by atoms with Gasteiger partial charge < -0.3 is 20.2 Å². The van der Waals surface area contributed by atoms with Crippen LogP contribution in [0, 0.1) is 0 Å². The summed E-state index contributed by atoms with van der Waals surface area (Å²) in [6, 6.07) is 12.6. The lowest BCUT2D eigenvalue weighted by molar-refractivity contribution is 0.0553. The molecule has 4 aromatic rings. The number of allylic oxidation sites excluding steroid dienone is 1. The third kappa shape index (κ3) is 4.49. The first-order valence-corrected chi connectivity index (χ1v) is 13.4. The Bertz CT molecular complexity index is 1600. The molecule has 1 saturated heterocycles. The largest absolute Gasteiger partial charge is 0.384 e. The normalized spacial score (nSPS) is 21.3. The van der Waals surface area contributed by atoms with E-state index in [1.807, 2.05) is 24.3 Å². The summed E-state index contributed by atoms with van der Waals surface area (Å²) in [6.07, 6.45) is 4.60. The Morgan fingerprint density at radius 3 is 2.72 bits per heavy atom. The molecule has 202 valence electrons. The first kappa shape index (κ1) is 25.3. The van der Waals surface area contributed by atoms with E-state index < -0.39 is 5.60 Å². The van der Waals surface area contributed by atoms with Crippen LogP contribution in [0.1, 0.15) is 31.5 Å². The highest BCUT2D eigenvalue weighted by atomic mass is 16.3. The Balaban J connectivity index is 1.34. The highest BCUT2D eigenvalue weighted by Crippen LogP contribution is 2.35. The molecule has 10 heteroatoms. The summed E-state index contributed by atoms with van der Waals surface area (Å²) in [5.74, 6) is 0.890. The molecule has 0 amide bonds. The van der Waals surface area contributed by atoms with E-state index in [4.69, 9.17) is 9.97 Å². The smallest absolute Gasteiger partial charge is 0.278 e. The van der Waals surface area contributed by atoms with Gasteiger partial charge >= 0.3 is 0 Å². The summed E-state index contributed by atoms with van der Waals surface area (Å²) < 4.78 is 3.24. The third-order valence-electron chi connectivity index (χ3n) is 8.00. The fraction of sp³-hybridized carbons (Fsp3) is 0.379. The number of pyridine rings is 1. The lowest BCUT2D eigenvalue weighted by Gasteiger charge is -2.39. The van der Waals surface area contributed by atoms with Crippen LogP contribution in [0.25, 0.3) is 16.9 Å². The van der Waals surface area contributed by atoms with Crippen LogP contribution in [-0.4, -0.2) is 67.0 Å². The average Bonchev–Trinajstić information content (AvgIpc) is 3.38. The number of anilines is 3. The van der Waals surface area contributed by atoms with Crippen molar-refractivity contribution in [3.8, 4) is 5.82 Å². The molecule has 4 heterocycles. The Morgan fingerprint density at radius 1 is 1.18 bits per heavy atom. The maximum Gasteiger partial charge on any atom is 0.278 e. The number of piperazine rings is 1. The fourth-order valence-corrected chi connectivity index (χ4v) is 5.54. The predicted molar refractivity (Wildman–Crippen MR) is 153 cm³/mol. The van der Waals surface area contributed by atoms with Gasteiger partial charge in [0.2, 0.25) is 5.95 Å². The average molecular weight is 527 g/mol. The second-order valence-electron chi connectivity index (χ2n) is 10.8. The van der Waals surface area contributed by atoms with Crippen LogP contribution >= 0.6 is 0 Å². The second kappa shape index (κ2) is 9.62. The summed E-state index contributed by atoms with van der Waals surface area (Å²) in [7, 11) is 2.17. The van der Waals surface area contributed by atoms with E-state index in [-0.39, 0.29) is 12.1 Å². The number of fused-ring (bicyclic) bond motifs is 2.